The van der Waals surface area contributed by atoms with E-state index in [4.69, 9.17) is 4.74 Å². The number of esters is 1. The maximum atomic E-state index is 11.7. The highest BCUT2D eigenvalue weighted by Gasteiger charge is 2.18. The predicted molar refractivity (Wildman–Crippen MR) is 57.0 cm³/mol. The Hall–Kier alpha value is -2.64. The molecule has 18 heavy (non-hydrogen) atoms. The Bertz CT molecular complexity index is 666. The van der Waals surface area contributed by atoms with E-state index in [1.54, 1.807) is 6.92 Å². The molecule has 0 saturated carbocycles. The number of rotatable bonds is 1. The van der Waals surface area contributed by atoms with E-state index in [9.17, 15) is 19.2 Å². The van der Waals surface area contributed by atoms with Gasteiger partial charge in [0, 0.05) is 18.7 Å². The zero-order valence-corrected chi connectivity index (χ0v) is 9.28. The van der Waals surface area contributed by atoms with Gasteiger partial charge in [0.05, 0.1) is 6.20 Å². The number of nitrogens with zero attached hydrogens (tertiary/aromatic N) is 2. The van der Waals surface area contributed by atoms with Gasteiger partial charge in [-0.05, 0) is 6.92 Å². The zero-order chi connectivity index (χ0) is 13.3. The van der Waals surface area contributed by atoms with Crippen LogP contribution >= 0.6 is 0 Å². The second-order valence-electron chi connectivity index (χ2n) is 3.33. The molecule has 2 rings (SSSR count). The lowest BCUT2D eigenvalue weighted by atomic mass is 10.5. The second-order valence-corrected chi connectivity index (χ2v) is 3.33. The maximum absolute atomic E-state index is 11.7. The molecule has 1 aliphatic rings. The van der Waals surface area contributed by atoms with Crippen LogP contribution in [0, 0.1) is 0 Å². The fourth-order valence-corrected chi connectivity index (χ4v) is 1.33. The summed E-state index contributed by atoms with van der Waals surface area (Å²) >= 11 is 0. The first-order valence-corrected chi connectivity index (χ1v) is 5.01. The van der Waals surface area contributed by atoms with E-state index in [2.05, 4.69) is 4.84 Å². The van der Waals surface area contributed by atoms with Gasteiger partial charge in [0.2, 0.25) is 5.75 Å². The molecule has 1 aromatic rings. The summed E-state index contributed by atoms with van der Waals surface area (Å²) in [5.41, 5.74) is -1.83. The molecule has 8 heteroatoms. The predicted octanol–water partition coefficient (Wildman–Crippen LogP) is -1.54. The summed E-state index contributed by atoms with van der Waals surface area (Å²) in [5.74, 6) is -2.31. The van der Waals surface area contributed by atoms with Crippen molar-refractivity contribution in [3.63, 3.8) is 0 Å². The summed E-state index contributed by atoms with van der Waals surface area (Å²) in [7, 11) is 0. The standard InChI is InChI=1S/C10H8N2O6/c1-2-11-5-6-9(15)12(10(11)16)18-8(14)4-3-7(13)17-6/h3-5H,2H2,1H3/b4-3+. The number of fused-ring (bicyclic) bond motifs is 2. The molecule has 0 amide bonds. The first-order chi connectivity index (χ1) is 8.52. The Morgan fingerprint density at radius 3 is 2.44 bits per heavy atom. The van der Waals surface area contributed by atoms with Crippen molar-refractivity contribution in [2.45, 2.75) is 13.5 Å². The summed E-state index contributed by atoms with van der Waals surface area (Å²) in [6.45, 7) is 1.86. The van der Waals surface area contributed by atoms with Crippen LogP contribution < -0.4 is 20.8 Å². The fraction of sp³-hybridized carbons (Fsp3) is 0.200. The first kappa shape index (κ1) is 11.8. The summed E-state index contributed by atoms with van der Waals surface area (Å²) < 4.78 is 6.03. The number of carbonyl (C=O) groups is 2. The van der Waals surface area contributed by atoms with Gasteiger partial charge >= 0.3 is 23.2 Å². The lowest BCUT2D eigenvalue weighted by Gasteiger charge is -2.08. The van der Waals surface area contributed by atoms with Crippen LogP contribution in [-0.4, -0.2) is 21.2 Å². The average molecular weight is 252 g/mol. The molecule has 2 bridgehead atoms. The molecule has 1 aromatic heterocycles. The summed E-state index contributed by atoms with van der Waals surface area (Å²) in [5, 5.41) is 0. The van der Waals surface area contributed by atoms with E-state index in [-0.39, 0.29) is 17.0 Å². The van der Waals surface area contributed by atoms with E-state index < -0.39 is 23.2 Å². The second kappa shape index (κ2) is 4.32. The Kier molecular flexibility index (Phi) is 2.84. The Labute approximate surface area is 99.6 Å². The largest absolute Gasteiger partial charge is 0.416 e. The van der Waals surface area contributed by atoms with Gasteiger partial charge in [-0.3, -0.25) is 9.36 Å². The monoisotopic (exact) mass is 252 g/mol. The Morgan fingerprint density at radius 2 is 1.78 bits per heavy atom. The molecule has 0 unspecified atom stereocenters. The highest BCUT2D eigenvalue weighted by Crippen LogP contribution is 2.02. The maximum Gasteiger partial charge on any atom is 0.365 e. The summed E-state index contributed by atoms with van der Waals surface area (Å²) in [6.07, 6.45) is 2.66. The third-order valence-corrected chi connectivity index (χ3v) is 2.18. The van der Waals surface area contributed by atoms with E-state index in [0.29, 0.717) is 0 Å². The lowest BCUT2D eigenvalue weighted by Crippen LogP contribution is -2.44. The van der Waals surface area contributed by atoms with Crippen molar-refractivity contribution in [2.24, 2.45) is 0 Å². The molecule has 0 spiro atoms. The zero-order valence-electron chi connectivity index (χ0n) is 9.28. The summed E-state index contributed by atoms with van der Waals surface area (Å²) in [6, 6.07) is 0. The summed E-state index contributed by atoms with van der Waals surface area (Å²) in [4.78, 5) is 50.4. The van der Waals surface area contributed by atoms with Gasteiger partial charge in [-0.15, -0.1) is 0 Å². The number of hydrogen-bond acceptors (Lipinski definition) is 6. The number of ether oxygens (including phenoxy) is 1. The quantitative estimate of drug-likeness (QED) is 0.562. The Morgan fingerprint density at radius 1 is 1.11 bits per heavy atom. The van der Waals surface area contributed by atoms with Crippen LogP contribution in [0.15, 0.2) is 27.9 Å². The molecular formula is C10H8N2O6. The van der Waals surface area contributed by atoms with E-state index >= 15 is 0 Å². The molecule has 2 heterocycles. The van der Waals surface area contributed by atoms with Crippen LogP contribution in [0.4, 0.5) is 0 Å². The third kappa shape index (κ3) is 1.95. The number of hydrogen-bond donors (Lipinski definition) is 0. The minimum Gasteiger partial charge on any atom is -0.416 e. The first-order valence-electron chi connectivity index (χ1n) is 5.01. The lowest BCUT2D eigenvalue weighted by molar-refractivity contribution is -0.139. The number of aryl methyl sites for hydroxylation is 1. The highest BCUT2D eigenvalue weighted by molar-refractivity contribution is 5.92. The molecular weight excluding hydrogens is 244 g/mol. The number of carbonyl (C=O) groups excluding carboxylic acids is 2. The van der Waals surface area contributed by atoms with Crippen LogP contribution in [0.25, 0.3) is 0 Å². The molecule has 94 valence electrons. The van der Waals surface area contributed by atoms with Gasteiger partial charge in [-0.1, -0.05) is 4.73 Å². The fourth-order valence-electron chi connectivity index (χ4n) is 1.33. The minimum absolute atomic E-state index is 0.217. The smallest absolute Gasteiger partial charge is 0.365 e. The van der Waals surface area contributed by atoms with Crippen molar-refractivity contribution in [3.8, 4) is 5.75 Å². The molecule has 1 aliphatic heterocycles. The van der Waals surface area contributed by atoms with E-state index in [1.165, 1.54) is 0 Å². The van der Waals surface area contributed by atoms with Gasteiger partial charge in [0.15, 0.2) is 0 Å². The Balaban J connectivity index is 2.75. The van der Waals surface area contributed by atoms with E-state index in [0.717, 1.165) is 22.9 Å². The van der Waals surface area contributed by atoms with Gasteiger partial charge in [0.1, 0.15) is 0 Å². The highest BCUT2D eigenvalue weighted by atomic mass is 16.7. The van der Waals surface area contributed by atoms with Crippen LogP contribution in [0.3, 0.4) is 0 Å². The van der Waals surface area contributed by atoms with Crippen LogP contribution in [0.2, 0.25) is 0 Å². The van der Waals surface area contributed by atoms with Crippen LogP contribution in [0.5, 0.6) is 5.75 Å². The molecule has 0 atom stereocenters. The van der Waals surface area contributed by atoms with E-state index in [1.807, 2.05) is 0 Å². The minimum atomic E-state index is -1.02. The molecule has 0 saturated heterocycles. The molecule has 0 radical (unpaired) electrons. The molecule has 0 fully saturated rings. The molecule has 0 aromatic carbocycles. The number of aromatic nitrogens is 2. The van der Waals surface area contributed by atoms with Crippen LogP contribution in [-0.2, 0) is 16.1 Å². The average Bonchev–Trinajstić information content (AvgIpc) is 2.37. The SMILES string of the molecule is CCn1cc2c(=O)n(c1=O)OC(=O)/C=C/C(=O)O2. The van der Waals surface area contributed by atoms with Gasteiger partial charge in [-0.25, -0.2) is 14.4 Å². The molecule has 8 nitrogen and oxygen atoms in total. The van der Waals surface area contributed by atoms with Gasteiger partial charge < -0.3 is 9.57 Å². The van der Waals surface area contributed by atoms with Crippen LogP contribution in [0.1, 0.15) is 6.92 Å². The van der Waals surface area contributed by atoms with Gasteiger partial charge in [0.25, 0.3) is 0 Å². The molecule has 0 aliphatic carbocycles. The third-order valence-electron chi connectivity index (χ3n) is 2.18. The van der Waals surface area contributed by atoms with Crippen molar-refractivity contribution in [3.05, 3.63) is 39.2 Å². The van der Waals surface area contributed by atoms with Gasteiger partial charge in [-0.2, -0.15) is 0 Å². The topological polar surface area (TPSA) is 96.6 Å². The van der Waals surface area contributed by atoms with Crippen molar-refractivity contribution in [2.75, 3.05) is 0 Å². The normalized spacial score (nSPS) is 16.1. The van der Waals surface area contributed by atoms with Crippen molar-refractivity contribution < 1.29 is 19.2 Å². The van der Waals surface area contributed by atoms with Crippen molar-refractivity contribution in [1.29, 1.82) is 0 Å². The van der Waals surface area contributed by atoms with Crippen molar-refractivity contribution in [1.82, 2.24) is 9.30 Å². The molecule has 0 N–H and O–H groups in total. The van der Waals surface area contributed by atoms with Crippen molar-refractivity contribution >= 4 is 11.9 Å².